The highest BCUT2D eigenvalue weighted by molar-refractivity contribution is 9.10. The Labute approximate surface area is 125 Å². The van der Waals surface area contributed by atoms with Crippen molar-refractivity contribution in [2.24, 2.45) is 5.92 Å². The first-order valence-electron chi connectivity index (χ1n) is 7.78. The summed E-state index contributed by atoms with van der Waals surface area (Å²) in [5.74, 6) is 2.02. The molecule has 0 aromatic carbocycles. The van der Waals surface area contributed by atoms with E-state index >= 15 is 0 Å². The molecule has 19 heavy (non-hydrogen) atoms. The monoisotopic (exact) mass is 327 g/mol. The van der Waals surface area contributed by atoms with E-state index in [2.05, 4.69) is 34.2 Å². The quantitative estimate of drug-likeness (QED) is 0.720. The van der Waals surface area contributed by atoms with Gasteiger partial charge in [0.25, 0.3) is 0 Å². The van der Waals surface area contributed by atoms with Gasteiger partial charge in [0.05, 0.1) is 6.04 Å². The number of rotatable bonds is 7. The molecule has 1 aliphatic carbocycles. The largest absolute Gasteiger partial charge is 0.453 e. The maximum Gasteiger partial charge on any atom is 0.169 e. The molecule has 1 N–H and O–H groups in total. The van der Waals surface area contributed by atoms with Crippen molar-refractivity contribution in [2.75, 3.05) is 6.54 Å². The van der Waals surface area contributed by atoms with E-state index in [0.29, 0.717) is 6.04 Å². The molecule has 0 amide bonds. The van der Waals surface area contributed by atoms with E-state index in [1.54, 1.807) is 0 Å². The standard InChI is InChI=1S/C16H26BrNO/c1-2-12-18-14(15-10-11-16(17)19-15)9-8-13-6-4-3-5-7-13/h10-11,13-14,18H,2-9,12H2,1H3. The molecular formula is C16H26BrNO. The summed E-state index contributed by atoms with van der Waals surface area (Å²) in [6, 6.07) is 4.47. The zero-order valence-electron chi connectivity index (χ0n) is 12.0. The summed E-state index contributed by atoms with van der Waals surface area (Å²) in [5.41, 5.74) is 0. The topological polar surface area (TPSA) is 25.2 Å². The van der Waals surface area contributed by atoms with Gasteiger partial charge >= 0.3 is 0 Å². The number of halogens is 1. The minimum absolute atomic E-state index is 0.383. The molecular weight excluding hydrogens is 302 g/mol. The number of hydrogen-bond acceptors (Lipinski definition) is 2. The van der Waals surface area contributed by atoms with Crippen molar-refractivity contribution in [3.8, 4) is 0 Å². The molecule has 1 aliphatic rings. The highest BCUT2D eigenvalue weighted by atomic mass is 79.9. The first-order chi connectivity index (χ1) is 9.29. The maximum absolute atomic E-state index is 5.74. The highest BCUT2D eigenvalue weighted by Crippen LogP contribution is 2.31. The molecule has 0 saturated heterocycles. The lowest BCUT2D eigenvalue weighted by Gasteiger charge is -2.24. The summed E-state index contributed by atoms with van der Waals surface area (Å²) in [6.07, 6.45) is 10.9. The van der Waals surface area contributed by atoms with Gasteiger partial charge in [0, 0.05) is 0 Å². The Hall–Kier alpha value is -0.280. The summed E-state index contributed by atoms with van der Waals surface area (Å²) in [5, 5.41) is 3.62. The average molecular weight is 328 g/mol. The van der Waals surface area contributed by atoms with E-state index in [1.165, 1.54) is 51.4 Å². The highest BCUT2D eigenvalue weighted by Gasteiger charge is 2.19. The van der Waals surface area contributed by atoms with Crippen LogP contribution in [0.4, 0.5) is 0 Å². The van der Waals surface area contributed by atoms with E-state index in [0.717, 1.165) is 22.9 Å². The minimum atomic E-state index is 0.383. The first-order valence-corrected chi connectivity index (χ1v) is 8.57. The second-order valence-corrected chi connectivity index (χ2v) is 6.51. The van der Waals surface area contributed by atoms with Crippen molar-refractivity contribution in [2.45, 2.75) is 64.3 Å². The van der Waals surface area contributed by atoms with Crippen LogP contribution in [0, 0.1) is 5.92 Å². The van der Waals surface area contributed by atoms with Crippen LogP contribution in [0.15, 0.2) is 21.2 Å². The Morgan fingerprint density at radius 2 is 2.11 bits per heavy atom. The molecule has 1 atom stereocenters. The lowest BCUT2D eigenvalue weighted by molar-refractivity contribution is 0.300. The van der Waals surface area contributed by atoms with E-state index in [-0.39, 0.29) is 0 Å². The van der Waals surface area contributed by atoms with Gasteiger partial charge in [-0.05, 0) is 59.8 Å². The summed E-state index contributed by atoms with van der Waals surface area (Å²) in [4.78, 5) is 0. The van der Waals surface area contributed by atoms with Crippen LogP contribution in [0.5, 0.6) is 0 Å². The molecule has 0 spiro atoms. The maximum atomic E-state index is 5.74. The molecule has 3 heteroatoms. The molecule has 1 unspecified atom stereocenters. The molecule has 2 rings (SSSR count). The van der Waals surface area contributed by atoms with Crippen LogP contribution in [-0.4, -0.2) is 6.54 Å². The van der Waals surface area contributed by atoms with Crippen LogP contribution in [0.2, 0.25) is 0 Å². The fraction of sp³-hybridized carbons (Fsp3) is 0.750. The molecule has 1 aromatic rings. The molecule has 0 aliphatic heterocycles. The van der Waals surface area contributed by atoms with Gasteiger partial charge in [0.15, 0.2) is 4.67 Å². The molecule has 0 radical (unpaired) electrons. The predicted molar refractivity (Wildman–Crippen MR) is 83.3 cm³/mol. The van der Waals surface area contributed by atoms with Crippen molar-refractivity contribution in [1.82, 2.24) is 5.32 Å². The Kier molecular flexibility index (Phi) is 6.45. The van der Waals surface area contributed by atoms with E-state index in [9.17, 15) is 0 Å². The zero-order chi connectivity index (χ0) is 13.5. The Bertz CT molecular complexity index is 357. The van der Waals surface area contributed by atoms with Gasteiger partial charge in [-0.2, -0.15) is 0 Å². The van der Waals surface area contributed by atoms with Crippen LogP contribution in [0.25, 0.3) is 0 Å². The van der Waals surface area contributed by atoms with Gasteiger partial charge in [-0.15, -0.1) is 0 Å². The molecule has 1 heterocycles. The second kappa shape index (κ2) is 8.11. The SMILES string of the molecule is CCCNC(CCC1CCCCC1)c1ccc(Br)o1. The van der Waals surface area contributed by atoms with Crippen LogP contribution in [-0.2, 0) is 0 Å². The summed E-state index contributed by atoms with van der Waals surface area (Å²) < 4.78 is 6.57. The fourth-order valence-electron chi connectivity index (χ4n) is 3.06. The number of furan rings is 1. The third-order valence-electron chi connectivity index (χ3n) is 4.17. The molecule has 1 fully saturated rings. The summed E-state index contributed by atoms with van der Waals surface area (Å²) >= 11 is 3.40. The van der Waals surface area contributed by atoms with Crippen molar-refractivity contribution in [3.05, 3.63) is 22.6 Å². The van der Waals surface area contributed by atoms with Gasteiger partial charge in [-0.3, -0.25) is 0 Å². The lowest BCUT2D eigenvalue weighted by Crippen LogP contribution is -2.22. The van der Waals surface area contributed by atoms with Gasteiger partial charge in [-0.25, -0.2) is 0 Å². The van der Waals surface area contributed by atoms with Crippen molar-refractivity contribution in [3.63, 3.8) is 0 Å². The molecule has 1 saturated carbocycles. The van der Waals surface area contributed by atoms with Crippen LogP contribution in [0.1, 0.15) is 70.1 Å². The Morgan fingerprint density at radius 3 is 2.74 bits per heavy atom. The van der Waals surface area contributed by atoms with Crippen LogP contribution in [0.3, 0.4) is 0 Å². The third-order valence-corrected chi connectivity index (χ3v) is 4.59. The summed E-state index contributed by atoms with van der Waals surface area (Å²) in [7, 11) is 0. The van der Waals surface area contributed by atoms with E-state index < -0.39 is 0 Å². The predicted octanol–water partition coefficient (Wildman–Crippen LogP) is 5.44. The van der Waals surface area contributed by atoms with Crippen molar-refractivity contribution in [1.29, 1.82) is 0 Å². The van der Waals surface area contributed by atoms with E-state index in [4.69, 9.17) is 4.42 Å². The van der Waals surface area contributed by atoms with Gasteiger partial charge in [-0.1, -0.05) is 39.0 Å². The van der Waals surface area contributed by atoms with Gasteiger partial charge < -0.3 is 9.73 Å². The molecule has 0 bridgehead atoms. The molecule has 2 nitrogen and oxygen atoms in total. The second-order valence-electron chi connectivity index (χ2n) is 5.73. The number of nitrogens with one attached hydrogen (secondary N) is 1. The Morgan fingerprint density at radius 1 is 1.32 bits per heavy atom. The van der Waals surface area contributed by atoms with Crippen molar-refractivity contribution >= 4 is 15.9 Å². The summed E-state index contributed by atoms with van der Waals surface area (Å²) in [6.45, 7) is 3.27. The Balaban J connectivity index is 1.86. The average Bonchev–Trinajstić information content (AvgIpc) is 2.86. The first kappa shape index (κ1) is 15.1. The normalized spacial score (nSPS) is 18.6. The molecule has 108 valence electrons. The number of hydrogen-bond donors (Lipinski definition) is 1. The third kappa shape index (κ3) is 4.96. The van der Waals surface area contributed by atoms with Crippen LogP contribution < -0.4 is 5.32 Å². The fourth-order valence-corrected chi connectivity index (χ4v) is 3.38. The van der Waals surface area contributed by atoms with Gasteiger partial charge in [0.1, 0.15) is 5.76 Å². The van der Waals surface area contributed by atoms with Crippen LogP contribution >= 0.6 is 15.9 Å². The van der Waals surface area contributed by atoms with Gasteiger partial charge in [0.2, 0.25) is 0 Å². The minimum Gasteiger partial charge on any atom is -0.453 e. The van der Waals surface area contributed by atoms with Crippen molar-refractivity contribution < 1.29 is 4.42 Å². The smallest absolute Gasteiger partial charge is 0.169 e. The molecule has 1 aromatic heterocycles. The lowest BCUT2D eigenvalue weighted by atomic mass is 9.85. The van der Waals surface area contributed by atoms with E-state index in [1.807, 2.05) is 6.07 Å². The zero-order valence-corrected chi connectivity index (χ0v) is 13.5.